The van der Waals surface area contributed by atoms with Gasteiger partial charge in [0.2, 0.25) is 0 Å². The number of rotatable bonds is 5. The van der Waals surface area contributed by atoms with E-state index in [9.17, 15) is 9.90 Å². The minimum absolute atomic E-state index is 0.106. The Kier molecular flexibility index (Phi) is 5.83. The lowest BCUT2D eigenvalue weighted by Crippen LogP contribution is -2.38. The Morgan fingerprint density at radius 1 is 1.32 bits per heavy atom. The van der Waals surface area contributed by atoms with Gasteiger partial charge in [0.15, 0.2) is 0 Å². The minimum Gasteiger partial charge on any atom is -0.389 e. The number of nitrogens with one attached hydrogen (secondary N) is 1. The number of hydrogen-bond acceptors (Lipinski definition) is 2. The Hall–Kier alpha value is -1.55. The van der Waals surface area contributed by atoms with Gasteiger partial charge in [0, 0.05) is 18.8 Å². The number of amides is 2. The second kappa shape index (κ2) is 7.14. The summed E-state index contributed by atoms with van der Waals surface area (Å²) in [7, 11) is 1.81. The van der Waals surface area contributed by atoms with Crippen LogP contribution in [0.4, 0.5) is 10.5 Å². The molecule has 2 unspecified atom stereocenters. The van der Waals surface area contributed by atoms with Crippen LogP contribution in [0.15, 0.2) is 24.3 Å². The van der Waals surface area contributed by atoms with E-state index in [1.807, 2.05) is 19.1 Å². The maximum Gasteiger partial charge on any atom is 0.321 e. The molecule has 0 saturated carbocycles. The lowest BCUT2D eigenvalue weighted by atomic mass is 10.1. The number of aliphatic hydroxyl groups excluding tert-OH is 1. The zero-order valence-electron chi connectivity index (χ0n) is 12.2. The van der Waals surface area contributed by atoms with Gasteiger partial charge < -0.3 is 15.3 Å². The van der Waals surface area contributed by atoms with E-state index in [0.717, 1.165) is 24.1 Å². The van der Waals surface area contributed by atoms with Crippen molar-refractivity contribution in [3.8, 4) is 0 Å². The van der Waals surface area contributed by atoms with Crippen LogP contribution in [0, 0.1) is 0 Å². The van der Waals surface area contributed by atoms with Crippen LogP contribution in [0.25, 0.3) is 0 Å². The van der Waals surface area contributed by atoms with E-state index in [2.05, 4.69) is 12.2 Å². The number of carbonyl (C=O) groups excluding carboxylic acids is 1. The Morgan fingerprint density at radius 2 is 1.89 bits per heavy atom. The van der Waals surface area contributed by atoms with Crippen LogP contribution in [0.1, 0.15) is 45.3 Å². The summed E-state index contributed by atoms with van der Waals surface area (Å²) < 4.78 is 0. The van der Waals surface area contributed by atoms with Gasteiger partial charge in [-0.15, -0.1) is 0 Å². The molecule has 0 radical (unpaired) electrons. The van der Waals surface area contributed by atoms with Gasteiger partial charge in [-0.3, -0.25) is 0 Å². The van der Waals surface area contributed by atoms with Crippen molar-refractivity contribution in [1.82, 2.24) is 4.90 Å². The largest absolute Gasteiger partial charge is 0.389 e. The fourth-order valence-corrected chi connectivity index (χ4v) is 1.87. The first-order chi connectivity index (χ1) is 8.95. The van der Waals surface area contributed by atoms with Crippen molar-refractivity contribution >= 4 is 11.7 Å². The highest BCUT2D eigenvalue weighted by atomic mass is 16.3. The van der Waals surface area contributed by atoms with E-state index in [1.165, 1.54) is 0 Å². The van der Waals surface area contributed by atoms with Crippen LogP contribution < -0.4 is 5.32 Å². The van der Waals surface area contributed by atoms with Crippen LogP contribution in [0.5, 0.6) is 0 Å². The molecule has 4 heteroatoms. The molecule has 0 aliphatic rings. The smallest absolute Gasteiger partial charge is 0.321 e. The van der Waals surface area contributed by atoms with E-state index in [-0.39, 0.29) is 12.1 Å². The van der Waals surface area contributed by atoms with Crippen LogP contribution in [0.3, 0.4) is 0 Å². The molecule has 0 aromatic heterocycles. The number of anilines is 1. The maximum atomic E-state index is 12.0. The van der Waals surface area contributed by atoms with Gasteiger partial charge in [-0.2, -0.15) is 0 Å². The number of urea groups is 1. The number of hydrogen-bond donors (Lipinski definition) is 2. The third-order valence-electron chi connectivity index (χ3n) is 3.33. The van der Waals surface area contributed by atoms with Gasteiger partial charge in [0.25, 0.3) is 0 Å². The molecular weight excluding hydrogens is 240 g/mol. The highest BCUT2D eigenvalue weighted by Gasteiger charge is 2.14. The molecule has 0 bridgehead atoms. The molecule has 2 amide bonds. The summed E-state index contributed by atoms with van der Waals surface area (Å²) in [5.74, 6) is 0. The van der Waals surface area contributed by atoms with E-state index >= 15 is 0 Å². The van der Waals surface area contributed by atoms with Gasteiger partial charge in [0.05, 0.1) is 6.10 Å². The molecule has 1 rings (SSSR count). The van der Waals surface area contributed by atoms with Crippen LogP contribution in [-0.4, -0.2) is 29.1 Å². The van der Waals surface area contributed by atoms with Crippen LogP contribution in [0.2, 0.25) is 0 Å². The quantitative estimate of drug-likeness (QED) is 0.856. The Morgan fingerprint density at radius 3 is 2.37 bits per heavy atom. The zero-order valence-corrected chi connectivity index (χ0v) is 12.2. The molecule has 0 heterocycles. The minimum atomic E-state index is -0.489. The molecule has 2 atom stereocenters. The van der Waals surface area contributed by atoms with Gasteiger partial charge in [0.1, 0.15) is 0 Å². The first kappa shape index (κ1) is 15.5. The molecule has 1 aromatic carbocycles. The standard InChI is InChI=1S/C15H24N2O2/c1-5-6-11(2)17(4)15(19)16-14-9-7-13(8-10-14)12(3)18/h7-12,18H,5-6H2,1-4H3,(H,16,19). The van der Waals surface area contributed by atoms with Gasteiger partial charge in [-0.1, -0.05) is 25.5 Å². The van der Waals surface area contributed by atoms with Crippen molar-refractivity contribution < 1.29 is 9.90 Å². The third kappa shape index (κ3) is 4.56. The summed E-state index contributed by atoms with van der Waals surface area (Å²) in [6.45, 7) is 5.87. The molecule has 2 N–H and O–H groups in total. The monoisotopic (exact) mass is 264 g/mol. The van der Waals surface area contributed by atoms with Crippen LogP contribution in [-0.2, 0) is 0 Å². The Labute approximate surface area is 115 Å². The van der Waals surface area contributed by atoms with Crippen molar-refractivity contribution in [3.63, 3.8) is 0 Å². The van der Waals surface area contributed by atoms with Gasteiger partial charge >= 0.3 is 6.03 Å². The summed E-state index contributed by atoms with van der Waals surface area (Å²) in [4.78, 5) is 13.7. The maximum absolute atomic E-state index is 12.0. The first-order valence-corrected chi connectivity index (χ1v) is 6.77. The zero-order chi connectivity index (χ0) is 14.4. The van der Waals surface area contributed by atoms with Crippen molar-refractivity contribution in [2.24, 2.45) is 0 Å². The second-order valence-electron chi connectivity index (χ2n) is 4.98. The molecule has 0 saturated heterocycles. The summed E-state index contributed by atoms with van der Waals surface area (Å²) in [6, 6.07) is 7.36. The molecule has 4 nitrogen and oxygen atoms in total. The third-order valence-corrected chi connectivity index (χ3v) is 3.33. The Bertz CT molecular complexity index is 401. The molecular formula is C15H24N2O2. The lowest BCUT2D eigenvalue weighted by Gasteiger charge is -2.25. The van der Waals surface area contributed by atoms with E-state index < -0.39 is 6.10 Å². The van der Waals surface area contributed by atoms with E-state index in [1.54, 1.807) is 31.0 Å². The molecule has 0 spiro atoms. The number of carbonyl (C=O) groups is 1. The second-order valence-corrected chi connectivity index (χ2v) is 4.98. The highest BCUT2D eigenvalue weighted by molar-refractivity contribution is 5.89. The molecule has 1 aromatic rings. The predicted molar refractivity (Wildman–Crippen MR) is 78.2 cm³/mol. The molecule has 106 valence electrons. The molecule has 0 fully saturated rings. The fraction of sp³-hybridized carbons (Fsp3) is 0.533. The molecule has 0 aliphatic heterocycles. The predicted octanol–water partition coefficient (Wildman–Crippen LogP) is 3.39. The van der Waals surface area contributed by atoms with Crippen molar-refractivity contribution in [1.29, 1.82) is 0 Å². The van der Waals surface area contributed by atoms with Crippen molar-refractivity contribution in [2.75, 3.05) is 12.4 Å². The van der Waals surface area contributed by atoms with Crippen molar-refractivity contribution in [2.45, 2.75) is 45.8 Å². The SMILES string of the molecule is CCCC(C)N(C)C(=O)Nc1ccc(C(C)O)cc1. The summed E-state index contributed by atoms with van der Waals surface area (Å²) >= 11 is 0. The summed E-state index contributed by atoms with van der Waals surface area (Å²) in [5.41, 5.74) is 1.58. The average molecular weight is 264 g/mol. The summed E-state index contributed by atoms with van der Waals surface area (Å²) in [6.07, 6.45) is 1.56. The average Bonchev–Trinajstić information content (AvgIpc) is 2.38. The highest BCUT2D eigenvalue weighted by Crippen LogP contribution is 2.16. The van der Waals surface area contributed by atoms with Gasteiger partial charge in [-0.05, 0) is 38.0 Å². The summed E-state index contributed by atoms with van der Waals surface area (Å²) in [5, 5.41) is 12.3. The van der Waals surface area contributed by atoms with Crippen molar-refractivity contribution in [3.05, 3.63) is 29.8 Å². The Balaban J connectivity index is 2.61. The first-order valence-electron chi connectivity index (χ1n) is 6.77. The normalized spacial score (nSPS) is 13.7. The number of nitrogens with zero attached hydrogens (tertiary/aromatic N) is 1. The van der Waals surface area contributed by atoms with Crippen LogP contribution >= 0.6 is 0 Å². The fourth-order valence-electron chi connectivity index (χ4n) is 1.87. The topological polar surface area (TPSA) is 52.6 Å². The lowest BCUT2D eigenvalue weighted by molar-refractivity contribution is 0.199. The van der Waals surface area contributed by atoms with E-state index in [4.69, 9.17) is 0 Å². The number of benzene rings is 1. The van der Waals surface area contributed by atoms with E-state index in [0.29, 0.717) is 0 Å². The van der Waals surface area contributed by atoms with Gasteiger partial charge in [-0.25, -0.2) is 4.79 Å². The molecule has 19 heavy (non-hydrogen) atoms. The number of aliphatic hydroxyl groups is 1. The molecule has 0 aliphatic carbocycles.